The number of esters is 1. The second-order valence-electron chi connectivity index (χ2n) is 11.0. The SMILES string of the molecule is CCOC(=O)C1(CCCOC)CNC(=O)CN(C(=O)c2cc(-c3ccccc3)n(C)n2)CCNC(=O)COc2cccc(c2)C1. The summed E-state index contributed by atoms with van der Waals surface area (Å²) in [5.41, 5.74) is 1.45. The van der Waals surface area contributed by atoms with Crippen LogP contribution in [0.5, 0.6) is 5.75 Å². The molecule has 3 aromatic rings. The van der Waals surface area contributed by atoms with Gasteiger partial charge in [0.05, 0.1) is 24.3 Å². The molecule has 2 aromatic carbocycles. The molecule has 0 fully saturated rings. The molecule has 0 spiro atoms. The fourth-order valence-electron chi connectivity index (χ4n) is 5.35. The lowest BCUT2D eigenvalue weighted by Crippen LogP contribution is -2.49. The van der Waals surface area contributed by atoms with E-state index in [0.717, 1.165) is 16.8 Å². The van der Waals surface area contributed by atoms with E-state index in [1.807, 2.05) is 36.4 Å². The number of aryl methyl sites for hydroxylation is 1. The Morgan fingerprint density at radius 1 is 1.04 bits per heavy atom. The summed E-state index contributed by atoms with van der Waals surface area (Å²) in [6.45, 7) is 1.90. The van der Waals surface area contributed by atoms with E-state index >= 15 is 0 Å². The van der Waals surface area contributed by atoms with E-state index in [2.05, 4.69) is 15.7 Å². The topological polar surface area (TPSA) is 141 Å². The zero-order valence-electron chi connectivity index (χ0n) is 26.0. The molecule has 0 radical (unpaired) electrons. The number of hydrogen-bond donors (Lipinski definition) is 2. The molecule has 240 valence electrons. The molecule has 3 amide bonds. The van der Waals surface area contributed by atoms with Gasteiger partial charge in [0.15, 0.2) is 12.3 Å². The van der Waals surface area contributed by atoms with Crippen molar-refractivity contribution in [2.75, 3.05) is 53.1 Å². The molecule has 45 heavy (non-hydrogen) atoms. The fraction of sp³-hybridized carbons (Fsp3) is 0.424. The average molecular weight is 620 g/mol. The molecule has 2 heterocycles. The van der Waals surface area contributed by atoms with E-state index in [1.165, 1.54) is 4.90 Å². The summed E-state index contributed by atoms with van der Waals surface area (Å²) in [4.78, 5) is 54.6. The molecule has 12 heteroatoms. The van der Waals surface area contributed by atoms with Gasteiger partial charge >= 0.3 is 5.97 Å². The van der Waals surface area contributed by atoms with Crippen molar-refractivity contribution < 1.29 is 33.4 Å². The van der Waals surface area contributed by atoms with Crippen molar-refractivity contribution in [3.05, 3.63) is 71.9 Å². The normalized spacial score (nSPS) is 18.0. The predicted octanol–water partition coefficient (Wildman–Crippen LogP) is 2.37. The number of benzene rings is 2. The first-order valence-electron chi connectivity index (χ1n) is 15.0. The summed E-state index contributed by atoms with van der Waals surface area (Å²) in [6, 6.07) is 18.4. The lowest BCUT2D eigenvalue weighted by atomic mass is 9.77. The Morgan fingerprint density at radius 3 is 2.60 bits per heavy atom. The Balaban J connectivity index is 1.63. The molecule has 4 rings (SSSR count). The van der Waals surface area contributed by atoms with Crippen LogP contribution in [-0.2, 0) is 37.3 Å². The molecule has 1 unspecified atom stereocenters. The van der Waals surface area contributed by atoms with Gasteiger partial charge in [-0.3, -0.25) is 23.9 Å². The maximum Gasteiger partial charge on any atom is 0.314 e. The standard InChI is InChI=1S/C33H41N5O7/c1-4-44-32(42)33(14-9-17-43-3)20-24-10-8-13-26(18-24)45-22-30(40)34-15-16-38(21-29(39)35-23-33)31(41)27-19-28(37(2)36-27)25-11-6-5-7-12-25/h5-8,10-13,18-19H,4,9,14-17,20-23H2,1-3H3,(H,34,40)(H,35,39). The number of amides is 3. The first-order valence-corrected chi connectivity index (χ1v) is 15.0. The zero-order valence-corrected chi connectivity index (χ0v) is 26.0. The molecule has 0 aliphatic carbocycles. The first kappa shape index (κ1) is 33.2. The van der Waals surface area contributed by atoms with Gasteiger partial charge in [0.1, 0.15) is 5.75 Å². The second-order valence-corrected chi connectivity index (χ2v) is 11.0. The van der Waals surface area contributed by atoms with E-state index in [1.54, 1.807) is 50.0 Å². The van der Waals surface area contributed by atoms with Gasteiger partial charge in [-0.25, -0.2) is 0 Å². The lowest BCUT2D eigenvalue weighted by Gasteiger charge is -2.32. The molecule has 1 aliphatic heterocycles. The highest BCUT2D eigenvalue weighted by atomic mass is 16.5. The van der Waals surface area contributed by atoms with Crippen molar-refractivity contribution in [2.45, 2.75) is 26.2 Å². The number of carbonyl (C=O) groups is 4. The van der Waals surface area contributed by atoms with Crippen LogP contribution in [-0.4, -0.2) is 91.5 Å². The van der Waals surface area contributed by atoms with E-state index in [-0.39, 0.29) is 57.4 Å². The number of nitrogens with zero attached hydrogens (tertiary/aromatic N) is 3. The van der Waals surface area contributed by atoms with Gasteiger partial charge < -0.3 is 29.7 Å². The van der Waals surface area contributed by atoms with Crippen molar-refractivity contribution in [1.82, 2.24) is 25.3 Å². The largest absolute Gasteiger partial charge is 0.484 e. The number of ether oxygens (including phenoxy) is 3. The smallest absolute Gasteiger partial charge is 0.314 e. The van der Waals surface area contributed by atoms with Crippen molar-refractivity contribution in [3.63, 3.8) is 0 Å². The molecule has 12 nitrogen and oxygen atoms in total. The number of carbonyl (C=O) groups excluding carboxylic acids is 4. The lowest BCUT2D eigenvalue weighted by molar-refractivity contribution is -0.156. The molecule has 1 atom stereocenters. The van der Waals surface area contributed by atoms with Gasteiger partial charge in [-0.1, -0.05) is 42.5 Å². The minimum atomic E-state index is -1.11. The summed E-state index contributed by atoms with van der Waals surface area (Å²) in [5, 5.41) is 10.1. The summed E-state index contributed by atoms with van der Waals surface area (Å²) in [6.07, 6.45) is 1.18. The average Bonchev–Trinajstić information content (AvgIpc) is 3.43. The van der Waals surface area contributed by atoms with Crippen LogP contribution in [0.2, 0.25) is 0 Å². The zero-order chi connectivity index (χ0) is 32.2. The molecular weight excluding hydrogens is 578 g/mol. The van der Waals surface area contributed by atoms with Crippen LogP contribution < -0.4 is 15.4 Å². The maximum absolute atomic E-state index is 13.7. The predicted molar refractivity (Wildman–Crippen MR) is 166 cm³/mol. The molecule has 2 bridgehead atoms. The van der Waals surface area contributed by atoms with Gasteiger partial charge in [0.25, 0.3) is 11.8 Å². The van der Waals surface area contributed by atoms with Gasteiger partial charge in [-0.05, 0) is 55.5 Å². The summed E-state index contributed by atoms with van der Waals surface area (Å²) >= 11 is 0. The van der Waals surface area contributed by atoms with Crippen LogP contribution >= 0.6 is 0 Å². The number of nitrogens with one attached hydrogen (secondary N) is 2. The molecule has 0 saturated heterocycles. The van der Waals surface area contributed by atoms with Gasteiger partial charge in [0, 0.05) is 40.4 Å². The molecule has 0 saturated carbocycles. The monoisotopic (exact) mass is 619 g/mol. The number of aromatic nitrogens is 2. The van der Waals surface area contributed by atoms with Crippen molar-refractivity contribution in [3.8, 4) is 17.0 Å². The molecule has 1 aliphatic rings. The third kappa shape index (κ3) is 8.91. The third-order valence-corrected chi connectivity index (χ3v) is 7.64. The van der Waals surface area contributed by atoms with Crippen molar-refractivity contribution >= 4 is 23.7 Å². The Kier molecular flexibility index (Phi) is 11.7. The van der Waals surface area contributed by atoms with E-state index < -0.39 is 23.2 Å². The van der Waals surface area contributed by atoms with Crippen LogP contribution in [0.25, 0.3) is 11.3 Å². The Hall–Kier alpha value is -4.71. The fourth-order valence-corrected chi connectivity index (χ4v) is 5.35. The van der Waals surface area contributed by atoms with E-state index in [9.17, 15) is 19.2 Å². The van der Waals surface area contributed by atoms with E-state index in [0.29, 0.717) is 25.2 Å². The Bertz CT molecular complexity index is 1480. The molecular formula is C33H41N5O7. The van der Waals surface area contributed by atoms with Gasteiger partial charge in [-0.2, -0.15) is 5.10 Å². The number of methoxy groups -OCH3 is 1. The van der Waals surface area contributed by atoms with Crippen LogP contribution in [0.3, 0.4) is 0 Å². The van der Waals surface area contributed by atoms with Gasteiger partial charge in [0.2, 0.25) is 5.91 Å². The van der Waals surface area contributed by atoms with Crippen LogP contribution in [0.1, 0.15) is 35.8 Å². The quantitative estimate of drug-likeness (QED) is 0.289. The second kappa shape index (κ2) is 15.8. The summed E-state index contributed by atoms with van der Waals surface area (Å²) < 4.78 is 18.1. The molecule has 2 N–H and O–H groups in total. The van der Waals surface area contributed by atoms with Crippen molar-refractivity contribution in [2.24, 2.45) is 12.5 Å². The number of hydrogen-bond acceptors (Lipinski definition) is 8. The highest BCUT2D eigenvalue weighted by molar-refractivity contribution is 5.96. The highest BCUT2D eigenvalue weighted by Crippen LogP contribution is 2.32. The van der Waals surface area contributed by atoms with E-state index in [4.69, 9.17) is 14.2 Å². The minimum absolute atomic E-state index is 0.0139. The highest BCUT2D eigenvalue weighted by Gasteiger charge is 2.40. The third-order valence-electron chi connectivity index (χ3n) is 7.64. The van der Waals surface area contributed by atoms with Crippen LogP contribution in [0.4, 0.5) is 0 Å². The molecule has 1 aromatic heterocycles. The first-order chi connectivity index (χ1) is 21.7. The summed E-state index contributed by atoms with van der Waals surface area (Å²) in [7, 11) is 3.33. The van der Waals surface area contributed by atoms with Crippen LogP contribution in [0.15, 0.2) is 60.7 Å². The Labute approximate surface area is 263 Å². The van der Waals surface area contributed by atoms with Gasteiger partial charge in [-0.15, -0.1) is 0 Å². The number of fused-ring (bicyclic) bond motifs is 2. The Morgan fingerprint density at radius 2 is 1.84 bits per heavy atom. The van der Waals surface area contributed by atoms with Crippen LogP contribution in [0, 0.1) is 5.41 Å². The number of rotatable bonds is 8. The van der Waals surface area contributed by atoms with Crippen molar-refractivity contribution in [1.29, 1.82) is 0 Å². The maximum atomic E-state index is 13.7. The summed E-state index contributed by atoms with van der Waals surface area (Å²) in [5.74, 6) is -1.29. The minimum Gasteiger partial charge on any atom is -0.484 e.